The summed E-state index contributed by atoms with van der Waals surface area (Å²) in [5.41, 5.74) is 1.99. The van der Waals surface area contributed by atoms with E-state index in [2.05, 4.69) is 5.32 Å². The Labute approximate surface area is 190 Å². The fourth-order valence-electron chi connectivity index (χ4n) is 2.88. The van der Waals surface area contributed by atoms with E-state index in [1.807, 2.05) is 6.07 Å². The Morgan fingerprint density at radius 3 is 2.39 bits per heavy atom. The molecule has 0 saturated heterocycles. The number of nitrogens with zero attached hydrogens (tertiary/aromatic N) is 1. The highest BCUT2D eigenvalue weighted by Gasteiger charge is 2.12. The van der Waals surface area contributed by atoms with Crippen LogP contribution in [0.5, 0.6) is 5.75 Å². The number of carbonyl (C=O) groups is 2. The molecule has 1 N–H and O–H groups in total. The lowest BCUT2D eigenvalue weighted by atomic mass is 10.1. The molecule has 3 rings (SSSR count). The molecular weight excluding hydrogens is 423 g/mol. The quantitative estimate of drug-likeness (QED) is 0.296. The Morgan fingerprint density at radius 2 is 1.73 bits per heavy atom. The molecule has 0 bridgehead atoms. The minimum absolute atomic E-state index is 0.123. The zero-order valence-electron chi connectivity index (χ0n) is 17.9. The van der Waals surface area contributed by atoms with Gasteiger partial charge in [0, 0.05) is 11.3 Å². The van der Waals surface area contributed by atoms with E-state index in [0.717, 1.165) is 5.56 Å². The lowest BCUT2D eigenvalue weighted by Crippen LogP contribution is -2.13. The third-order valence-electron chi connectivity index (χ3n) is 4.55. The van der Waals surface area contributed by atoms with Gasteiger partial charge in [0.1, 0.15) is 29.8 Å². The highest BCUT2D eigenvalue weighted by atomic mass is 19.1. The summed E-state index contributed by atoms with van der Waals surface area (Å²) in [7, 11) is 0. The van der Waals surface area contributed by atoms with Crippen LogP contribution in [-0.4, -0.2) is 18.5 Å². The van der Waals surface area contributed by atoms with Gasteiger partial charge < -0.3 is 14.8 Å². The van der Waals surface area contributed by atoms with Crippen molar-refractivity contribution in [3.8, 4) is 11.8 Å². The summed E-state index contributed by atoms with van der Waals surface area (Å²) in [6.07, 6.45) is 1.43. The predicted octanol–water partition coefficient (Wildman–Crippen LogP) is 5.13. The average Bonchev–Trinajstić information content (AvgIpc) is 2.83. The molecule has 0 unspecified atom stereocenters. The van der Waals surface area contributed by atoms with Crippen molar-refractivity contribution in [3.63, 3.8) is 0 Å². The molecule has 0 aliphatic carbocycles. The second-order valence-electron chi connectivity index (χ2n) is 6.87. The minimum atomic E-state index is -0.602. The van der Waals surface area contributed by atoms with Crippen LogP contribution < -0.4 is 10.1 Å². The largest absolute Gasteiger partial charge is 0.488 e. The van der Waals surface area contributed by atoms with Crippen LogP contribution in [0.1, 0.15) is 28.4 Å². The van der Waals surface area contributed by atoms with Crippen molar-refractivity contribution in [2.24, 2.45) is 0 Å². The Kier molecular flexibility index (Phi) is 7.92. The first-order valence-electron chi connectivity index (χ1n) is 10.2. The third-order valence-corrected chi connectivity index (χ3v) is 4.55. The first-order chi connectivity index (χ1) is 16.0. The maximum absolute atomic E-state index is 13.1. The second-order valence-corrected chi connectivity index (χ2v) is 6.87. The van der Waals surface area contributed by atoms with Gasteiger partial charge in [-0.2, -0.15) is 5.26 Å². The summed E-state index contributed by atoms with van der Waals surface area (Å²) >= 11 is 0. The Bertz CT molecular complexity index is 1200. The molecule has 6 nitrogen and oxygen atoms in total. The van der Waals surface area contributed by atoms with Gasteiger partial charge in [-0.05, 0) is 61.0 Å². The molecule has 3 aromatic carbocycles. The number of rotatable bonds is 8. The Hall–Kier alpha value is -4.44. The summed E-state index contributed by atoms with van der Waals surface area (Å²) in [4.78, 5) is 24.4. The van der Waals surface area contributed by atoms with Gasteiger partial charge in [-0.15, -0.1) is 0 Å². The predicted molar refractivity (Wildman–Crippen MR) is 122 cm³/mol. The van der Waals surface area contributed by atoms with Crippen molar-refractivity contribution in [2.75, 3.05) is 11.9 Å². The van der Waals surface area contributed by atoms with Crippen LogP contribution in [-0.2, 0) is 16.1 Å². The summed E-state index contributed by atoms with van der Waals surface area (Å²) in [6, 6.07) is 21.0. The third kappa shape index (κ3) is 6.52. The molecule has 0 heterocycles. The van der Waals surface area contributed by atoms with Crippen molar-refractivity contribution >= 4 is 23.6 Å². The molecule has 0 atom stereocenters. The molecule has 166 valence electrons. The highest BCUT2D eigenvalue weighted by Crippen LogP contribution is 2.23. The number of nitriles is 1. The van der Waals surface area contributed by atoms with E-state index in [-0.39, 0.29) is 24.6 Å². The first-order valence-corrected chi connectivity index (χ1v) is 10.2. The number of hydrogen-bond donors (Lipinski definition) is 1. The Balaban J connectivity index is 1.72. The Morgan fingerprint density at radius 1 is 1.03 bits per heavy atom. The average molecular weight is 444 g/mol. The van der Waals surface area contributed by atoms with Crippen molar-refractivity contribution in [1.29, 1.82) is 5.26 Å². The number of benzene rings is 3. The summed E-state index contributed by atoms with van der Waals surface area (Å²) in [6.45, 7) is 2.18. The zero-order chi connectivity index (χ0) is 23.6. The van der Waals surface area contributed by atoms with Gasteiger partial charge in [0.25, 0.3) is 5.91 Å². The number of anilines is 1. The van der Waals surface area contributed by atoms with E-state index in [0.29, 0.717) is 22.6 Å². The van der Waals surface area contributed by atoms with Crippen LogP contribution in [0.3, 0.4) is 0 Å². The van der Waals surface area contributed by atoms with Gasteiger partial charge in [-0.1, -0.05) is 30.3 Å². The molecule has 1 amide bonds. The number of esters is 1. The lowest BCUT2D eigenvalue weighted by molar-refractivity contribution is -0.112. The van der Waals surface area contributed by atoms with Gasteiger partial charge >= 0.3 is 5.97 Å². The molecule has 0 aliphatic rings. The molecule has 0 aliphatic heterocycles. The van der Waals surface area contributed by atoms with E-state index < -0.39 is 11.9 Å². The molecule has 33 heavy (non-hydrogen) atoms. The topological polar surface area (TPSA) is 88.4 Å². The number of nitrogens with one attached hydrogen (secondary N) is 1. The van der Waals surface area contributed by atoms with Gasteiger partial charge in [0.15, 0.2) is 0 Å². The van der Waals surface area contributed by atoms with Crippen LogP contribution in [0, 0.1) is 17.1 Å². The molecule has 7 heteroatoms. The number of amides is 1. The van der Waals surface area contributed by atoms with E-state index in [1.54, 1.807) is 55.5 Å². The number of halogens is 1. The lowest BCUT2D eigenvalue weighted by Gasteiger charge is -2.10. The second kappa shape index (κ2) is 11.3. The molecule has 0 spiro atoms. The summed E-state index contributed by atoms with van der Waals surface area (Å²) in [5, 5.41) is 12.2. The number of ether oxygens (including phenoxy) is 2. The maximum atomic E-state index is 13.1. The van der Waals surface area contributed by atoms with Gasteiger partial charge in [0.2, 0.25) is 0 Å². The normalized spacial score (nSPS) is 10.8. The monoisotopic (exact) mass is 444 g/mol. The summed E-state index contributed by atoms with van der Waals surface area (Å²) in [5.74, 6) is -0.914. The van der Waals surface area contributed by atoms with Crippen molar-refractivity contribution < 1.29 is 23.5 Å². The van der Waals surface area contributed by atoms with Gasteiger partial charge in [0.05, 0.1) is 12.2 Å². The fourth-order valence-corrected chi connectivity index (χ4v) is 2.88. The van der Waals surface area contributed by atoms with Crippen molar-refractivity contribution in [1.82, 2.24) is 0 Å². The molecule has 0 fully saturated rings. The zero-order valence-corrected chi connectivity index (χ0v) is 17.9. The molecular formula is C26H21FN2O4. The number of para-hydroxylation sites is 1. The fraction of sp³-hybridized carbons (Fsp3) is 0.115. The number of carbonyl (C=O) groups excluding carboxylic acids is 2. The first kappa shape index (κ1) is 23.2. The van der Waals surface area contributed by atoms with Gasteiger partial charge in [-0.25, -0.2) is 9.18 Å². The number of hydrogen-bond acceptors (Lipinski definition) is 5. The maximum Gasteiger partial charge on any atom is 0.338 e. The van der Waals surface area contributed by atoms with Crippen LogP contribution in [0.2, 0.25) is 0 Å². The van der Waals surface area contributed by atoms with Gasteiger partial charge in [-0.3, -0.25) is 4.79 Å². The highest BCUT2D eigenvalue weighted by molar-refractivity contribution is 6.10. The van der Waals surface area contributed by atoms with E-state index in [1.165, 1.54) is 30.3 Å². The molecule has 3 aromatic rings. The molecule has 0 saturated carbocycles. The van der Waals surface area contributed by atoms with E-state index in [9.17, 15) is 19.2 Å². The standard InChI is InChI=1S/C26H21FN2O4/c1-2-32-26(31)19-9-13-23(14-10-19)29-25(30)21(16-28)15-20-5-3-4-6-24(20)33-17-18-7-11-22(27)12-8-18/h3-15H,2,17H2,1H3,(H,29,30)/b21-15+. The molecule has 0 radical (unpaired) electrons. The van der Waals surface area contributed by atoms with E-state index in [4.69, 9.17) is 9.47 Å². The molecule has 0 aromatic heterocycles. The van der Waals surface area contributed by atoms with E-state index >= 15 is 0 Å². The summed E-state index contributed by atoms with van der Waals surface area (Å²) < 4.78 is 23.8. The van der Waals surface area contributed by atoms with Crippen molar-refractivity contribution in [3.05, 3.63) is 101 Å². The van der Waals surface area contributed by atoms with Crippen LogP contribution in [0.25, 0.3) is 6.08 Å². The SMILES string of the molecule is CCOC(=O)c1ccc(NC(=O)/C(C#N)=C/c2ccccc2OCc2ccc(F)cc2)cc1. The van der Waals surface area contributed by atoms with Crippen LogP contribution in [0.15, 0.2) is 78.4 Å². The van der Waals surface area contributed by atoms with Crippen LogP contribution >= 0.6 is 0 Å². The van der Waals surface area contributed by atoms with Crippen LogP contribution in [0.4, 0.5) is 10.1 Å². The van der Waals surface area contributed by atoms with Crippen molar-refractivity contribution in [2.45, 2.75) is 13.5 Å². The smallest absolute Gasteiger partial charge is 0.338 e. The minimum Gasteiger partial charge on any atom is -0.488 e.